The molecule has 0 aliphatic heterocycles. The van der Waals surface area contributed by atoms with Crippen LogP contribution in [0.2, 0.25) is 0 Å². The van der Waals surface area contributed by atoms with Crippen molar-refractivity contribution in [2.45, 2.75) is 38.0 Å². The number of fused-ring (bicyclic) bond motifs is 2. The van der Waals surface area contributed by atoms with Gasteiger partial charge in [-0.25, -0.2) is 0 Å². The molecular weight excluding hydrogens is 252 g/mol. The number of aromatic nitrogens is 2. The Bertz CT molecular complexity index is 622. The second kappa shape index (κ2) is 4.62. The normalized spacial score (nSPS) is 28.1. The van der Waals surface area contributed by atoms with Crippen molar-refractivity contribution < 1.29 is 9.63 Å². The Morgan fingerprint density at radius 3 is 2.95 bits per heavy atom. The number of aromatic hydroxyl groups is 1. The SMILES string of the molecule is Oc1cccc(Cc2nc(C3CC4CCC3C4)no2)c1. The molecule has 1 N–H and O–H groups in total. The first-order valence-corrected chi connectivity index (χ1v) is 7.38. The smallest absolute Gasteiger partial charge is 0.231 e. The molecule has 0 amide bonds. The quantitative estimate of drug-likeness (QED) is 0.930. The third-order valence-electron chi connectivity index (χ3n) is 4.82. The van der Waals surface area contributed by atoms with Crippen LogP contribution in [0.3, 0.4) is 0 Å². The molecule has 2 bridgehead atoms. The van der Waals surface area contributed by atoms with Crippen LogP contribution < -0.4 is 0 Å². The molecular formula is C16H18N2O2. The number of phenolic OH excluding ortho intramolecular Hbond substituents is 1. The van der Waals surface area contributed by atoms with E-state index in [1.165, 1.54) is 25.7 Å². The summed E-state index contributed by atoms with van der Waals surface area (Å²) in [5, 5.41) is 13.7. The van der Waals surface area contributed by atoms with Gasteiger partial charge in [-0.05, 0) is 48.8 Å². The molecule has 2 aromatic rings. The highest BCUT2D eigenvalue weighted by Gasteiger charge is 2.42. The summed E-state index contributed by atoms with van der Waals surface area (Å²) >= 11 is 0. The van der Waals surface area contributed by atoms with Crippen molar-refractivity contribution in [3.8, 4) is 5.75 Å². The number of hydrogen-bond acceptors (Lipinski definition) is 4. The Hall–Kier alpha value is -1.84. The Morgan fingerprint density at radius 1 is 1.25 bits per heavy atom. The second-order valence-electron chi connectivity index (χ2n) is 6.17. The third-order valence-corrected chi connectivity index (χ3v) is 4.82. The van der Waals surface area contributed by atoms with E-state index in [2.05, 4.69) is 10.1 Å². The minimum atomic E-state index is 0.273. The van der Waals surface area contributed by atoms with Gasteiger partial charge < -0.3 is 9.63 Å². The van der Waals surface area contributed by atoms with Crippen molar-refractivity contribution in [2.75, 3.05) is 0 Å². The number of phenols is 1. The van der Waals surface area contributed by atoms with Crippen LogP contribution >= 0.6 is 0 Å². The van der Waals surface area contributed by atoms with Crippen molar-refractivity contribution in [3.05, 3.63) is 41.5 Å². The number of nitrogens with zero attached hydrogens (tertiary/aromatic N) is 2. The largest absolute Gasteiger partial charge is 0.508 e. The topological polar surface area (TPSA) is 59.2 Å². The van der Waals surface area contributed by atoms with Crippen molar-refractivity contribution >= 4 is 0 Å². The second-order valence-corrected chi connectivity index (χ2v) is 6.17. The zero-order valence-electron chi connectivity index (χ0n) is 11.3. The van der Waals surface area contributed by atoms with E-state index < -0.39 is 0 Å². The molecule has 2 fully saturated rings. The maximum absolute atomic E-state index is 9.47. The van der Waals surface area contributed by atoms with Crippen LogP contribution in [-0.2, 0) is 6.42 Å². The van der Waals surface area contributed by atoms with Crippen molar-refractivity contribution in [1.82, 2.24) is 10.1 Å². The van der Waals surface area contributed by atoms with Crippen LogP contribution in [-0.4, -0.2) is 15.2 Å². The Labute approximate surface area is 117 Å². The molecule has 2 aliphatic rings. The molecule has 3 unspecified atom stereocenters. The molecule has 104 valence electrons. The van der Waals surface area contributed by atoms with Crippen LogP contribution in [0.4, 0.5) is 0 Å². The molecule has 2 saturated carbocycles. The first-order chi connectivity index (χ1) is 9.78. The monoisotopic (exact) mass is 270 g/mol. The number of hydrogen-bond donors (Lipinski definition) is 1. The molecule has 20 heavy (non-hydrogen) atoms. The van der Waals surface area contributed by atoms with E-state index >= 15 is 0 Å². The predicted octanol–water partition coefficient (Wildman–Crippen LogP) is 3.27. The van der Waals surface area contributed by atoms with Gasteiger partial charge in [-0.2, -0.15) is 4.98 Å². The first-order valence-electron chi connectivity index (χ1n) is 7.38. The maximum Gasteiger partial charge on any atom is 0.231 e. The van der Waals surface area contributed by atoms with Crippen molar-refractivity contribution in [1.29, 1.82) is 0 Å². The molecule has 1 heterocycles. The van der Waals surface area contributed by atoms with Gasteiger partial charge in [-0.1, -0.05) is 23.7 Å². The van der Waals surface area contributed by atoms with Crippen LogP contribution in [0, 0.1) is 11.8 Å². The first kappa shape index (κ1) is 11.9. The molecule has 3 atom stereocenters. The van der Waals surface area contributed by atoms with E-state index in [1.807, 2.05) is 12.1 Å². The summed E-state index contributed by atoms with van der Waals surface area (Å²) in [7, 11) is 0. The standard InChI is InChI=1S/C16H18N2O2/c19-13-3-1-2-10(7-13)9-15-17-16(18-20-15)14-8-11-4-5-12(14)6-11/h1-3,7,11-12,14,19H,4-6,8-9H2. The maximum atomic E-state index is 9.47. The van der Waals surface area contributed by atoms with Gasteiger partial charge in [0, 0.05) is 5.92 Å². The Morgan fingerprint density at radius 2 is 2.20 bits per heavy atom. The van der Waals surface area contributed by atoms with Crippen LogP contribution in [0.5, 0.6) is 5.75 Å². The molecule has 4 nitrogen and oxygen atoms in total. The van der Waals surface area contributed by atoms with Gasteiger partial charge in [-0.15, -0.1) is 0 Å². The average molecular weight is 270 g/mol. The molecule has 0 spiro atoms. The van der Waals surface area contributed by atoms with Gasteiger partial charge in [0.1, 0.15) is 5.75 Å². The Kier molecular flexibility index (Phi) is 2.76. The number of rotatable bonds is 3. The zero-order chi connectivity index (χ0) is 13.5. The van der Waals surface area contributed by atoms with Crippen LogP contribution in [0.1, 0.15) is 48.9 Å². The fraction of sp³-hybridized carbons (Fsp3) is 0.500. The Balaban J connectivity index is 1.51. The summed E-state index contributed by atoms with van der Waals surface area (Å²) < 4.78 is 5.39. The minimum Gasteiger partial charge on any atom is -0.508 e. The van der Waals surface area contributed by atoms with Gasteiger partial charge in [-0.3, -0.25) is 0 Å². The summed E-state index contributed by atoms with van der Waals surface area (Å²) in [4.78, 5) is 4.58. The lowest BCUT2D eigenvalue weighted by molar-refractivity contribution is 0.355. The van der Waals surface area contributed by atoms with Crippen LogP contribution in [0.15, 0.2) is 28.8 Å². The van der Waals surface area contributed by atoms with E-state index in [4.69, 9.17) is 4.52 Å². The number of benzene rings is 1. The highest BCUT2D eigenvalue weighted by Crippen LogP contribution is 2.52. The van der Waals surface area contributed by atoms with Gasteiger partial charge in [0.05, 0.1) is 6.42 Å². The molecule has 1 aromatic heterocycles. The lowest BCUT2D eigenvalue weighted by Crippen LogP contribution is -2.10. The van der Waals surface area contributed by atoms with Crippen molar-refractivity contribution in [2.24, 2.45) is 11.8 Å². The third kappa shape index (κ3) is 2.09. The summed E-state index contributed by atoms with van der Waals surface area (Å²) in [6.07, 6.45) is 5.88. The molecule has 0 radical (unpaired) electrons. The van der Waals surface area contributed by atoms with Gasteiger partial charge in [0.15, 0.2) is 5.82 Å². The predicted molar refractivity (Wildman–Crippen MR) is 73.4 cm³/mol. The van der Waals surface area contributed by atoms with E-state index in [9.17, 15) is 5.11 Å². The van der Waals surface area contributed by atoms with Gasteiger partial charge >= 0.3 is 0 Å². The fourth-order valence-corrected chi connectivity index (χ4v) is 3.89. The zero-order valence-corrected chi connectivity index (χ0v) is 11.3. The lowest BCUT2D eigenvalue weighted by Gasteiger charge is -2.17. The van der Waals surface area contributed by atoms with Gasteiger partial charge in [0.25, 0.3) is 0 Å². The summed E-state index contributed by atoms with van der Waals surface area (Å²) in [5.41, 5.74) is 0.994. The van der Waals surface area contributed by atoms with Crippen molar-refractivity contribution in [3.63, 3.8) is 0 Å². The highest BCUT2D eigenvalue weighted by molar-refractivity contribution is 5.28. The molecule has 2 aliphatic carbocycles. The molecule has 4 heteroatoms. The lowest BCUT2D eigenvalue weighted by atomic mass is 9.88. The molecule has 0 saturated heterocycles. The van der Waals surface area contributed by atoms with E-state index in [1.54, 1.807) is 12.1 Å². The fourth-order valence-electron chi connectivity index (χ4n) is 3.89. The summed E-state index contributed by atoms with van der Waals surface area (Å²) in [6, 6.07) is 7.19. The summed E-state index contributed by atoms with van der Waals surface area (Å²) in [6.45, 7) is 0. The minimum absolute atomic E-state index is 0.273. The average Bonchev–Trinajstić information content (AvgIpc) is 3.13. The highest BCUT2D eigenvalue weighted by atomic mass is 16.5. The molecule has 4 rings (SSSR count). The molecule has 1 aromatic carbocycles. The summed E-state index contributed by atoms with van der Waals surface area (Å²) in [5.74, 6) is 3.98. The van der Waals surface area contributed by atoms with E-state index in [-0.39, 0.29) is 5.75 Å². The van der Waals surface area contributed by atoms with Gasteiger partial charge in [0.2, 0.25) is 5.89 Å². The van der Waals surface area contributed by atoms with Crippen LogP contribution in [0.25, 0.3) is 0 Å². The van der Waals surface area contributed by atoms with E-state index in [0.29, 0.717) is 18.2 Å². The van der Waals surface area contributed by atoms with E-state index in [0.717, 1.165) is 23.2 Å².